The molecule has 7 nitrogen and oxygen atoms in total. The number of benzene rings is 1. The van der Waals surface area contributed by atoms with Crippen molar-refractivity contribution in [1.29, 1.82) is 0 Å². The minimum absolute atomic E-state index is 0.0856. The zero-order chi connectivity index (χ0) is 22.4. The minimum Gasteiger partial charge on any atom is -0.448 e. The number of thiophene rings is 1. The van der Waals surface area contributed by atoms with Gasteiger partial charge in [-0.1, -0.05) is 24.6 Å². The lowest BCUT2D eigenvalue weighted by Gasteiger charge is -2.21. The van der Waals surface area contributed by atoms with Crippen molar-refractivity contribution in [2.24, 2.45) is 0 Å². The van der Waals surface area contributed by atoms with E-state index in [1.807, 2.05) is 24.3 Å². The number of hydrogen-bond donors (Lipinski definition) is 0. The van der Waals surface area contributed by atoms with Gasteiger partial charge in [0, 0.05) is 25.2 Å². The Balaban J connectivity index is 1.40. The highest BCUT2D eigenvalue weighted by Gasteiger charge is 2.31. The number of fused-ring (bicyclic) bond motifs is 3. The molecule has 0 aliphatic carbocycles. The molecule has 1 unspecified atom stereocenters. The second-order valence-corrected chi connectivity index (χ2v) is 9.45. The van der Waals surface area contributed by atoms with Gasteiger partial charge in [0.25, 0.3) is 11.5 Å². The van der Waals surface area contributed by atoms with Crippen LogP contribution in [0, 0.1) is 6.92 Å². The van der Waals surface area contributed by atoms with Gasteiger partial charge in [-0.15, -0.1) is 11.3 Å². The molecular weight excluding hydrogens is 426 g/mol. The van der Waals surface area contributed by atoms with Gasteiger partial charge in [-0.3, -0.25) is 14.2 Å². The van der Waals surface area contributed by atoms with Crippen molar-refractivity contribution in [3.05, 3.63) is 56.4 Å². The molecule has 0 bridgehead atoms. The molecule has 0 fully saturated rings. The van der Waals surface area contributed by atoms with Crippen LogP contribution in [0.4, 0.5) is 5.69 Å². The largest absolute Gasteiger partial charge is 0.448 e. The van der Waals surface area contributed by atoms with Gasteiger partial charge in [-0.2, -0.15) is 0 Å². The molecule has 0 radical (unpaired) electrons. The quantitative estimate of drug-likeness (QED) is 0.568. The summed E-state index contributed by atoms with van der Waals surface area (Å²) in [5, 5.41) is 0.486. The highest BCUT2D eigenvalue weighted by atomic mass is 32.1. The van der Waals surface area contributed by atoms with Crippen LogP contribution in [0.15, 0.2) is 29.1 Å². The van der Waals surface area contributed by atoms with Crippen LogP contribution in [0.3, 0.4) is 0 Å². The van der Waals surface area contributed by atoms with E-state index in [4.69, 9.17) is 9.72 Å². The molecule has 1 atom stereocenters. The summed E-state index contributed by atoms with van der Waals surface area (Å²) < 4.78 is 7.32. The number of amides is 1. The summed E-state index contributed by atoms with van der Waals surface area (Å²) in [6.45, 7) is 4.59. The standard InChI is InChI=1S/C24H25N3O4S/c1-14-19-21(25-18-10-4-3-7-12-27(18)23(19)29)32-20(14)24(30)31-15(2)22(28)26-13-11-16-8-5-6-9-17(16)26/h5-6,8-9,15H,3-4,7,10-13H2,1-2H3. The normalized spacial score (nSPS) is 16.4. The fourth-order valence-electron chi connectivity index (χ4n) is 4.66. The van der Waals surface area contributed by atoms with Crippen molar-refractivity contribution < 1.29 is 14.3 Å². The van der Waals surface area contributed by atoms with Gasteiger partial charge >= 0.3 is 5.97 Å². The van der Waals surface area contributed by atoms with E-state index >= 15 is 0 Å². The Labute approximate surface area is 189 Å². The molecule has 32 heavy (non-hydrogen) atoms. The molecule has 5 rings (SSSR count). The summed E-state index contributed by atoms with van der Waals surface area (Å²) in [7, 11) is 0. The molecule has 0 spiro atoms. The number of para-hydroxylation sites is 1. The molecule has 2 aromatic heterocycles. The Bertz CT molecular complexity index is 1290. The fraction of sp³-hybridized carbons (Fsp3) is 0.417. The SMILES string of the molecule is Cc1c(C(=O)OC(C)C(=O)N2CCc3ccccc32)sc2nc3n(c(=O)c12)CCCCC3. The molecule has 0 N–H and O–H groups in total. The minimum atomic E-state index is -0.927. The van der Waals surface area contributed by atoms with Crippen molar-refractivity contribution in [1.82, 2.24) is 9.55 Å². The van der Waals surface area contributed by atoms with Crippen LogP contribution < -0.4 is 10.5 Å². The predicted octanol–water partition coefficient (Wildman–Crippen LogP) is 3.63. The van der Waals surface area contributed by atoms with Crippen LogP contribution in [0.1, 0.15) is 52.8 Å². The van der Waals surface area contributed by atoms with Gasteiger partial charge in [0.05, 0.1) is 5.39 Å². The van der Waals surface area contributed by atoms with Crippen LogP contribution in [0.25, 0.3) is 10.2 Å². The number of rotatable bonds is 3. The van der Waals surface area contributed by atoms with Gasteiger partial charge in [0.2, 0.25) is 0 Å². The number of aromatic nitrogens is 2. The van der Waals surface area contributed by atoms with Gasteiger partial charge < -0.3 is 9.64 Å². The van der Waals surface area contributed by atoms with E-state index in [2.05, 4.69) is 0 Å². The average Bonchev–Trinajstić information content (AvgIpc) is 3.26. The second kappa shape index (κ2) is 8.16. The highest BCUT2D eigenvalue weighted by molar-refractivity contribution is 7.20. The highest BCUT2D eigenvalue weighted by Crippen LogP contribution is 2.31. The summed E-state index contributed by atoms with van der Waals surface area (Å²) in [6, 6.07) is 7.77. The molecule has 0 saturated heterocycles. The van der Waals surface area contributed by atoms with Crippen molar-refractivity contribution in [2.45, 2.75) is 58.6 Å². The Morgan fingerprint density at radius 1 is 1.12 bits per heavy atom. The molecule has 1 aromatic carbocycles. The average molecular weight is 452 g/mol. The molecular formula is C24H25N3O4S. The first-order chi connectivity index (χ1) is 15.5. The summed E-state index contributed by atoms with van der Waals surface area (Å²) in [6.07, 6.45) is 3.68. The first-order valence-electron chi connectivity index (χ1n) is 11.1. The molecule has 8 heteroatoms. The van der Waals surface area contributed by atoms with E-state index in [-0.39, 0.29) is 11.5 Å². The number of carbonyl (C=O) groups excluding carboxylic acids is 2. The molecule has 166 valence electrons. The van der Waals surface area contributed by atoms with E-state index in [0.29, 0.717) is 33.7 Å². The summed E-state index contributed by atoms with van der Waals surface area (Å²) in [5.74, 6) is -0.0391. The fourth-order valence-corrected chi connectivity index (χ4v) is 5.73. The number of hydrogen-bond acceptors (Lipinski definition) is 6. The summed E-state index contributed by atoms with van der Waals surface area (Å²) in [4.78, 5) is 46.4. The zero-order valence-corrected chi connectivity index (χ0v) is 19.0. The number of nitrogens with zero attached hydrogens (tertiary/aromatic N) is 3. The van der Waals surface area contributed by atoms with E-state index in [0.717, 1.165) is 49.2 Å². The second-order valence-electron chi connectivity index (χ2n) is 8.45. The number of esters is 1. The topological polar surface area (TPSA) is 81.5 Å². The Morgan fingerprint density at radius 2 is 1.94 bits per heavy atom. The van der Waals surface area contributed by atoms with E-state index in [1.165, 1.54) is 11.3 Å². The third-order valence-electron chi connectivity index (χ3n) is 6.38. The van der Waals surface area contributed by atoms with Gasteiger partial charge in [0.1, 0.15) is 15.5 Å². The van der Waals surface area contributed by atoms with Crippen LogP contribution in [-0.4, -0.2) is 34.1 Å². The maximum Gasteiger partial charge on any atom is 0.349 e. The number of carbonyl (C=O) groups is 2. The van der Waals surface area contributed by atoms with Crippen molar-refractivity contribution in [3.8, 4) is 0 Å². The third-order valence-corrected chi connectivity index (χ3v) is 7.55. The van der Waals surface area contributed by atoms with E-state index in [1.54, 1.807) is 23.3 Å². The van der Waals surface area contributed by atoms with Gasteiger partial charge in [0.15, 0.2) is 6.10 Å². The predicted molar refractivity (Wildman–Crippen MR) is 124 cm³/mol. The Morgan fingerprint density at radius 3 is 2.78 bits per heavy atom. The van der Waals surface area contributed by atoms with Crippen LogP contribution in [0.2, 0.25) is 0 Å². The third kappa shape index (κ3) is 3.43. The van der Waals surface area contributed by atoms with E-state index < -0.39 is 12.1 Å². The maximum atomic E-state index is 13.1. The number of anilines is 1. The lowest BCUT2D eigenvalue weighted by molar-refractivity contribution is -0.126. The molecule has 2 aliphatic heterocycles. The summed E-state index contributed by atoms with van der Waals surface area (Å²) in [5.41, 5.74) is 2.49. The van der Waals surface area contributed by atoms with Crippen molar-refractivity contribution in [2.75, 3.05) is 11.4 Å². The van der Waals surface area contributed by atoms with Crippen LogP contribution in [-0.2, 0) is 28.9 Å². The molecule has 0 saturated carbocycles. The lowest BCUT2D eigenvalue weighted by Crippen LogP contribution is -2.39. The maximum absolute atomic E-state index is 13.1. The first-order valence-corrected chi connectivity index (χ1v) is 11.9. The van der Waals surface area contributed by atoms with E-state index in [9.17, 15) is 14.4 Å². The molecule has 1 amide bonds. The molecule has 3 aromatic rings. The molecule has 4 heterocycles. The van der Waals surface area contributed by atoms with Crippen molar-refractivity contribution >= 4 is 39.1 Å². The van der Waals surface area contributed by atoms with Gasteiger partial charge in [-0.25, -0.2) is 9.78 Å². The first kappa shape index (κ1) is 20.9. The molecule has 2 aliphatic rings. The lowest BCUT2D eigenvalue weighted by atomic mass is 10.2. The summed E-state index contributed by atoms with van der Waals surface area (Å²) >= 11 is 1.18. The van der Waals surface area contributed by atoms with Gasteiger partial charge in [-0.05, 0) is 50.3 Å². The Kier molecular flexibility index (Phi) is 5.33. The smallest absolute Gasteiger partial charge is 0.349 e. The number of aryl methyl sites for hydroxylation is 2. The monoisotopic (exact) mass is 451 g/mol. The van der Waals surface area contributed by atoms with Crippen LogP contribution in [0.5, 0.6) is 0 Å². The van der Waals surface area contributed by atoms with Crippen LogP contribution >= 0.6 is 11.3 Å². The zero-order valence-electron chi connectivity index (χ0n) is 18.2. The van der Waals surface area contributed by atoms with Crippen molar-refractivity contribution in [3.63, 3.8) is 0 Å². The number of ether oxygens (including phenoxy) is 1. The Hall–Kier alpha value is -3.00.